The third-order valence-electron chi connectivity index (χ3n) is 3.66. The van der Waals surface area contributed by atoms with E-state index in [-0.39, 0.29) is 12.1 Å². The van der Waals surface area contributed by atoms with Gasteiger partial charge in [0, 0.05) is 23.8 Å². The minimum Gasteiger partial charge on any atom is -0.490 e. The Kier molecular flexibility index (Phi) is 7.05. The number of aliphatic hydroxyl groups excluding tert-OH is 1. The van der Waals surface area contributed by atoms with Crippen LogP contribution >= 0.6 is 11.6 Å². The first kappa shape index (κ1) is 19.5. The molecule has 1 aromatic heterocycles. The number of halogens is 1. The fourth-order valence-corrected chi connectivity index (χ4v) is 2.21. The zero-order valence-corrected chi connectivity index (χ0v) is 15.6. The topological polar surface area (TPSA) is 63.6 Å². The Hall–Kier alpha value is -1.82. The van der Waals surface area contributed by atoms with Gasteiger partial charge in [-0.05, 0) is 44.5 Å². The van der Waals surface area contributed by atoms with Crippen LogP contribution in [-0.4, -0.2) is 28.8 Å². The van der Waals surface area contributed by atoms with E-state index in [2.05, 4.69) is 10.3 Å². The van der Waals surface area contributed by atoms with Crippen LogP contribution in [0.25, 0.3) is 0 Å². The number of aromatic nitrogens is 1. The number of nitrogens with zero attached hydrogens (tertiary/aromatic N) is 1. The van der Waals surface area contributed by atoms with E-state index >= 15 is 0 Å². The van der Waals surface area contributed by atoms with Crippen LogP contribution < -0.4 is 14.8 Å². The summed E-state index contributed by atoms with van der Waals surface area (Å²) in [5.74, 6) is 1.38. The van der Waals surface area contributed by atoms with Gasteiger partial charge in [0.25, 0.3) is 0 Å². The molecule has 2 rings (SSSR count). The molecule has 1 aromatic carbocycles. The molecule has 5 nitrogen and oxygen atoms in total. The average molecular weight is 365 g/mol. The molecule has 136 valence electrons. The van der Waals surface area contributed by atoms with E-state index in [9.17, 15) is 5.11 Å². The first-order valence-electron chi connectivity index (χ1n) is 8.28. The highest BCUT2D eigenvalue weighted by Crippen LogP contribution is 2.29. The number of aliphatic hydroxyl groups is 1. The summed E-state index contributed by atoms with van der Waals surface area (Å²) in [4.78, 5) is 4.05. The lowest BCUT2D eigenvalue weighted by Gasteiger charge is -2.24. The lowest BCUT2D eigenvalue weighted by atomic mass is 10.1. The number of rotatable bonds is 9. The molecular weight excluding hydrogens is 340 g/mol. The van der Waals surface area contributed by atoms with E-state index in [1.807, 2.05) is 45.0 Å². The Morgan fingerprint density at radius 3 is 2.52 bits per heavy atom. The largest absolute Gasteiger partial charge is 0.490 e. The molecule has 2 aromatic rings. The number of pyridine rings is 1. The first-order chi connectivity index (χ1) is 11.9. The predicted octanol–water partition coefficient (Wildman–Crippen LogP) is 3.57. The van der Waals surface area contributed by atoms with Gasteiger partial charge in [-0.3, -0.25) is 0 Å². The predicted molar refractivity (Wildman–Crippen MR) is 99.2 cm³/mol. The molecule has 0 fully saturated rings. The van der Waals surface area contributed by atoms with E-state index in [4.69, 9.17) is 21.1 Å². The van der Waals surface area contributed by atoms with Gasteiger partial charge < -0.3 is 19.9 Å². The summed E-state index contributed by atoms with van der Waals surface area (Å²) in [6, 6.07) is 9.46. The average Bonchev–Trinajstić information content (AvgIpc) is 2.61. The van der Waals surface area contributed by atoms with E-state index in [0.29, 0.717) is 36.4 Å². The zero-order valence-electron chi connectivity index (χ0n) is 14.9. The molecule has 0 saturated carbocycles. The van der Waals surface area contributed by atoms with Gasteiger partial charge in [-0.2, -0.15) is 0 Å². The summed E-state index contributed by atoms with van der Waals surface area (Å²) in [6.07, 6.45) is 1.69. The van der Waals surface area contributed by atoms with Gasteiger partial charge >= 0.3 is 0 Å². The molecule has 0 aliphatic rings. The van der Waals surface area contributed by atoms with Crippen molar-refractivity contribution in [1.29, 1.82) is 0 Å². The second-order valence-electron chi connectivity index (χ2n) is 6.39. The Balaban J connectivity index is 2.05. The highest BCUT2D eigenvalue weighted by molar-refractivity contribution is 6.29. The van der Waals surface area contributed by atoms with E-state index in [1.54, 1.807) is 12.3 Å². The van der Waals surface area contributed by atoms with Crippen molar-refractivity contribution in [2.24, 2.45) is 0 Å². The fraction of sp³-hybridized carbons (Fsp3) is 0.421. The molecule has 6 heteroatoms. The molecule has 2 N–H and O–H groups in total. The van der Waals surface area contributed by atoms with Crippen molar-refractivity contribution in [3.05, 3.63) is 52.8 Å². The van der Waals surface area contributed by atoms with Crippen LogP contribution in [0.4, 0.5) is 0 Å². The smallest absolute Gasteiger partial charge is 0.161 e. The van der Waals surface area contributed by atoms with Crippen molar-refractivity contribution in [3.8, 4) is 11.5 Å². The van der Waals surface area contributed by atoms with Crippen LogP contribution in [-0.2, 0) is 13.2 Å². The van der Waals surface area contributed by atoms with E-state index in [0.717, 1.165) is 11.1 Å². The van der Waals surface area contributed by atoms with Crippen LogP contribution in [0, 0.1) is 0 Å². The zero-order chi connectivity index (χ0) is 18.3. The van der Waals surface area contributed by atoms with E-state index < -0.39 is 0 Å². The van der Waals surface area contributed by atoms with Crippen LogP contribution in [0.2, 0.25) is 5.15 Å². The summed E-state index contributed by atoms with van der Waals surface area (Å²) in [5.41, 5.74) is 1.66. The second-order valence-corrected chi connectivity index (χ2v) is 6.77. The summed E-state index contributed by atoms with van der Waals surface area (Å²) in [6.45, 7) is 7.49. The molecule has 1 heterocycles. The minimum absolute atomic E-state index is 0.0711. The fourth-order valence-electron chi connectivity index (χ4n) is 2.10. The number of hydrogen-bond donors (Lipinski definition) is 2. The quantitative estimate of drug-likeness (QED) is 0.666. The molecule has 0 saturated heterocycles. The number of ether oxygens (including phenoxy) is 2. The molecule has 25 heavy (non-hydrogen) atoms. The first-order valence-corrected chi connectivity index (χ1v) is 8.66. The Morgan fingerprint density at radius 1 is 1.12 bits per heavy atom. The van der Waals surface area contributed by atoms with Gasteiger partial charge in [-0.1, -0.05) is 23.7 Å². The number of nitrogens with one attached hydrogen (secondary N) is 1. The molecule has 0 bridgehead atoms. The molecule has 0 aliphatic heterocycles. The Morgan fingerprint density at radius 2 is 1.88 bits per heavy atom. The highest BCUT2D eigenvalue weighted by atomic mass is 35.5. The molecule has 0 spiro atoms. The van der Waals surface area contributed by atoms with Crippen LogP contribution in [0.1, 0.15) is 31.9 Å². The van der Waals surface area contributed by atoms with Crippen LogP contribution in [0.3, 0.4) is 0 Å². The van der Waals surface area contributed by atoms with Gasteiger partial charge in [-0.25, -0.2) is 4.98 Å². The minimum atomic E-state index is -0.331. The SMILES string of the molecule is CCOc1cc(CNC(C)(C)CO)ccc1OCc1ccc(Cl)nc1. The molecule has 0 atom stereocenters. The third-order valence-corrected chi connectivity index (χ3v) is 3.88. The number of hydrogen-bond acceptors (Lipinski definition) is 5. The molecule has 0 radical (unpaired) electrons. The maximum Gasteiger partial charge on any atom is 0.161 e. The van der Waals surface area contributed by atoms with Crippen molar-refractivity contribution in [1.82, 2.24) is 10.3 Å². The molecule has 0 amide bonds. The van der Waals surface area contributed by atoms with Crippen molar-refractivity contribution >= 4 is 11.6 Å². The summed E-state index contributed by atoms with van der Waals surface area (Å²) < 4.78 is 11.6. The highest BCUT2D eigenvalue weighted by Gasteiger charge is 2.15. The van der Waals surface area contributed by atoms with Crippen molar-refractivity contribution < 1.29 is 14.6 Å². The lowest BCUT2D eigenvalue weighted by Crippen LogP contribution is -2.42. The lowest BCUT2D eigenvalue weighted by molar-refractivity contribution is 0.187. The Bertz CT molecular complexity index is 675. The summed E-state index contributed by atoms with van der Waals surface area (Å²) in [5, 5.41) is 13.1. The van der Waals surface area contributed by atoms with Crippen LogP contribution in [0.15, 0.2) is 36.5 Å². The maximum absolute atomic E-state index is 9.33. The van der Waals surface area contributed by atoms with Gasteiger partial charge in [-0.15, -0.1) is 0 Å². The Labute approximate surface area is 154 Å². The molecular formula is C19H25ClN2O3. The van der Waals surface area contributed by atoms with Crippen molar-refractivity contribution in [2.75, 3.05) is 13.2 Å². The molecule has 0 aliphatic carbocycles. The van der Waals surface area contributed by atoms with Gasteiger partial charge in [0.1, 0.15) is 11.8 Å². The standard InChI is InChI=1S/C19H25ClN2O3/c1-4-24-17-9-14(11-22-19(2,3)13-23)5-7-16(17)25-12-15-6-8-18(20)21-10-15/h5-10,22-23H,4,11-13H2,1-3H3. The molecule has 0 unspecified atom stereocenters. The normalized spacial score (nSPS) is 11.4. The van der Waals surface area contributed by atoms with Gasteiger partial charge in [0.2, 0.25) is 0 Å². The number of benzene rings is 1. The van der Waals surface area contributed by atoms with Crippen molar-refractivity contribution in [3.63, 3.8) is 0 Å². The second kappa shape index (κ2) is 9.04. The van der Waals surface area contributed by atoms with Gasteiger partial charge in [0.05, 0.1) is 13.2 Å². The monoisotopic (exact) mass is 364 g/mol. The van der Waals surface area contributed by atoms with Crippen LogP contribution in [0.5, 0.6) is 11.5 Å². The van der Waals surface area contributed by atoms with Crippen molar-refractivity contribution in [2.45, 2.75) is 39.5 Å². The maximum atomic E-state index is 9.33. The third kappa shape index (κ3) is 6.20. The van der Waals surface area contributed by atoms with E-state index in [1.165, 1.54) is 0 Å². The van der Waals surface area contributed by atoms with Gasteiger partial charge in [0.15, 0.2) is 11.5 Å². The summed E-state index contributed by atoms with van der Waals surface area (Å²) in [7, 11) is 0. The summed E-state index contributed by atoms with van der Waals surface area (Å²) >= 11 is 5.79.